The molecule has 7 nitrogen and oxygen atoms in total. The highest BCUT2D eigenvalue weighted by molar-refractivity contribution is 5.92. The van der Waals surface area contributed by atoms with Crippen LogP contribution in [0.15, 0.2) is 6.07 Å². The van der Waals surface area contributed by atoms with Gasteiger partial charge in [0.15, 0.2) is 0 Å². The molecule has 1 aromatic rings. The number of carbonyl (C=O) groups is 2. The van der Waals surface area contributed by atoms with E-state index in [1.54, 1.807) is 16.6 Å². The van der Waals surface area contributed by atoms with Crippen molar-refractivity contribution >= 4 is 11.9 Å². The van der Waals surface area contributed by atoms with Gasteiger partial charge in [0.25, 0.3) is 5.91 Å². The molecule has 0 atom stereocenters. The monoisotopic (exact) mass is 294 g/mol. The van der Waals surface area contributed by atoms with Gasteiger partial charge in [0.2, 0.25) is 0 Å². The van der Waals surface area contributed by atoms with Gasteiger partial charge in [-0.3, -0.25) is 19.2 Å². The van der Waals surface area contributed by atoms with Gasteiger partial charge in [0.05, 0.1) is 12.2 Å². The number of carbonyl (C=O) groups excluding carboxylic acids is 1. The normalized spacial score (nSPS) is 16.8. The summed E-state index contributed by atoms with van der Waals surface area (Å²) in [4.78, 5) is 27.0. The lowest BCUT2D eigenvalue weighted by molar-refractivity contribution is -0.138. The Morgan fingerprint density at radius 3 is 2.67 bits per heavy atom. The molecule has 116 valence electrons. The first-order valence-corrected chi connectivity index (χ1v) is 7.27. The van der Waals surface area contributed by atoms with Gasteiger partial charge in [-0.2, -0.15) is 5.10 Å². The van der Waals surface area contributed by atoms with E-state index < -0.39 is 5.97 Å². The first kappa shape index (κ1) is 15.5. The van der Waals surface area contributed by atoms with E-state index >= 15 is 0 Å². The standard InChI is InChI=1S/C14H22N4O3/c1-3-11-9-12(16(2)15-11)14(21)18-6-4-5-17(7-8-18)10-13(19)20/h9H,3-8,10H2,1-2H3,(H,19,20). The molecule has 0 spiro atoms. The molecule has 1 aromatic heterocycles. The van der Waals surface area contributed by atoms with Crippen molar-refractivity contribution in [2.45, 2.75) is 19.8 Å². The van der Waals surface area contributed by atoms with Gasteiger partial charge in [0.1, 0.15) is 5.69 Å². The lowest BCUT2D eigenvalue weighted by atomic mass is 10.2. The number of aliphatic carboxylic acids is 1. The molecule has 1 fully saturated rings. The van der Waals surface area contributed by atoms with Crippen molar-refractivity contribution in [2.75, 3.05) is 32.7 Å². The number of hydrogen-bond acceptors (Lipinski definition) is 4. The van der Waals surface area contributed by atoms with Gasteiger partial charge >= 0.3 is 5.97 Å². The summed E-state index contributed by atoms with van der Waals surface area (Å²) < 4.78 is 1.63. The lowest BCUT2D eigenvalue weighted by Gasteiger charge is -2.21. The highest BCUT2D eigenvalue weighted by atomic mass is 16.4. The Morgan fingerprint density at radius 2 is 2.05 bits per heavy atom. The van der Waals surface area contributed by atoms with Crippen LogP contribution in [0.4, 0.5) is 0 Å². The Labute approximate surface area is 124 Å². The quantitative estimate of drug-likeness (QED) is 0.859. The van der Waals surface area contributed by atoms with Gasteiger partial charge in [-0.25, -0.2) is 0 Å². The highest BCUT2D eigenvalue weighted by Gasteiger charge is 2.23. The smallest absolute Gasteiger partial charge is 0.317 e. The molecule has 1 N–H and O–H groups in total. The Morgan fingerprint density at radius 1 is 1.29 bits per heavy atom. The minimum absolute atomic E-state index is 0.0260. The van der Waals surface area contributed by atoms with Crippen LogP contribution in [-0.4, -0.2) is 69.3 Å². The second kappa shape index (κ2) is 6.71. The predicted octanol–water partition coefficient (Wildman–Crippen LogP) is 0.215. The maximum Gasteiger partial charge on any atom is 0.317 e. The molecular weight excluding hydrogens is 272 g/mol. The molecule has 2 heterocycles. The first-order chi connectivity index (χ1) is 10.0. The molecule has 0 saturated carbocycles. The number of nitrogens with zero attached hydrogens (tertiary/aromatic N) is 4. The molecule has 7 heteroatoms. The molecule has 1 aliphatic rings. The molecule has 0 unspecified atom stereocenters. The van der Waals surface area contributed by atoms with Crippen LogP contribution in [0, 0.1) is 0 Å². The van der Waals surface area contributed by atoms with Crippen molar-refractivity contribution < 1.29 is 14.7 Å². The molecule has 0 aliphatic carbocycles. The largest absolute Gasteiger partial charge is 0.480 e. The third kappa shape index (κ3) is 3.81. The lowest BCUT2D eigenvalue weighted by Crippen LogP contribution is -2.37. The minimum Gasteiger partial charge on any atom is -0.480 e. The summed E-state index contributed by atoms with van der Waals surface area (Å²) in [5.41, 5.74) is 1.50. The zero-order valence-electron chi connectivity index (χ0n) is 12.6. The van der Waals surface area contributed by atoms with E-state index in [0.717, 1.165) is 18.5 Å². The molecule has 1 aliphatic heterocycles. The van der Waals surface area contributed by atoms with Crippen molar-refractivity contribution in [3.8, 4) is 0 Å². The average molecular weight is 294 g/mol. The maximum absolute atomic E-state index is 12.6. The van der Waals surface area contributed by atoms with Crippen LogP contribution in [0.1, 0.15) is 29.5 Å². The van der Waals surface area contributed by atoms with E-state index in [-0.39, 0.29) is 12.5 Å². The fourth-order valence-electron chi connectivity index (χ4n) is 2.58. The van der Waals surface area contributed by atoms with Crippen LogP contribution in [0.2, 0.25) is 0 Å². The van der Waals surface area contributed by atoms with E-state index in [9.17, 15) is 9.59 Å². The highest BCUT2D eigenvalue weighted by Crippen LogP contribution is 2.11. The third-order valence-electron chi connectivity index (χ3n) is 3.75. The number of hydrogen-bond donors (Lipinski definition) is 1. The summed E-state index contributed by atoms with van der Waals surface area (Å²) >= 11 is 0. The summed E-state index contributed by atoms with van der Waals surface area (Å²) in [7, 11) is 1.78. The zero-order chi connectivity index (χ0) is 15.4. The molecule has 0 bridgehead atoms. The average Bonchev–Trinajstić information content (AvgIpc) is 2.66. The molecule has 0 aromatic carbocycles. The molecule has 1 saturated heterocycles. The van der Waals surface area contributed by atoms with Gasteiger partial charge in [-0.05, 0) is 18.9 Å². The number of amides is 1. The van der Waals surface area contributed by atoms with Crippen LogP contribution < -0.4 is 0 Å². The molecule has 21 heavy (non-hydrogen) atoms. The van der Waals surface area contributed by atoms with E-state index in [0.29, 0.717) is 31.9 Å². The summed E-state index contributed by atoms with van der Waals surface area (Å²) in [5, 5.41) is 13.1. The zero-order valence-corrected chi connectivity index (χ0v) is 12.6. The summed E-state index contributed by atoms with van der Waals surface area (Å²) in [6.45, 7) is 4.55. The fourth-order valence-corrected chi connectivity index (χ4v) is 2.58. The Bertz CT molecular complexity index is 526. The second-order valence-corrected chi connectivity index (χ2v) is 5.31. The van der Waals surface area contributed by atoms with E-state index in [1.807, 2.05) is 17.9 Å². The van der Waals surface area contributed by atoms with E-state index in [2.05, 4.69) is 5.10 Å². The van der Waals surface area contributed by atoms with Gasteiger partial charge < -0.3 is 10.0 Å². The minimum atomic E-state index is -0.825. The van der Waals surface area contributed by atoms with Crippen molar-refractivity contribution in [1.29, 1.82) is 0 Å². The van der Waals surface area contributed by atoms with Crippen molar-refractivity contribution in [1.82, 2.24) is 19.6 Å². The SMILES string of the molecule is CCc1cc(C(=O)N2CCCN(CC(=O)O)CC2)n(C)n1. The number of aryl methyl sites for hydroxylation is 2. The molecule has 2 rings (SSSR count). The third-order valence-corrected chi connectivity index (χ3v) is 3.75. The predicted molar refractivity (Wildman–Crippen MR) is 77.2 cm³/mol. The van der Waals surface area contributed by atoms with Gasteiger partial charge in [-0.1, -0.05) is 6.92 Å². The second-order valence-electron chi connectivity index (χ2n) is 5.31. The van der Waals surface area contributed by atoms with Crippen molar-refractivity contribution in [3.05, 3.63) is 17.5 Å². The number of aromatic nitrogens is 2. The molecule has 1 amide bonds. The number of carboxylic acids is 1. The number of carboxylic acid groups (broad SMARTS) is 1. The van der Waals surface area contributed by atoms with Crippen LogP contribution in [0.25, 0.3) is 0 Å². The van der Waals surface area contributed by atoms with Crippen LogP contribution in [-0.2, 0) is 18.3 Å². The Kier molecular flexibility index (Phi) is 4.95. The summed E-state index contributed by atoms with van der Waals surface area (Å²) in [6, 6.07) is 1.84. The van der Waals surface area contributed by atoms with Crippen molar-refractivity contribution in [2.24, 2.45) is 7.05 Å². The van der Waals surface area contributed by atoms with Gasteiger partial charge in [-0.15, -0.1) is 0 Å². The topological polar surface area (TPSA) is 78.7 Å². The number of rotatable bonds is 4. The summed E-state index contributed by atoms with van der Waals surface area (Å²) in [5.74, 6) is -0.851. The fraction of sp³-hybridized carbons (Fsp3) is 0.643. The Hall–Kier alpha value is -1.89. The van der Waals surface area contributed by atoms with Crippen LogP contribution in [0.5, 0.6) is 0 Å². The van der Waals surface area contributed by atoms with Gasteiger partial charge in [0, 0.05) is 33.2 Å². The Balaban J connectivity index is 2.02. The van der Waals surface area contributed by atoms with Crippen LogP contribution in [0.3, 0.4) is 0 Å². The maximum atomic E-state index is 12.6. The summed E-state index contributed by atoms with van der Waals surface area (Å²) in [6.07, 6.45) is 1.59. The van der Waals surface area contributed by atoms with E-state index in [4.69, 9.17) is 5.11 Å². The first-order valence-electron chi connectivity index (χ1n) is 7.27. The van der Waals surface area contributed by atoms with Crippen LogP contribution >= 0.6 is 0 Å². The van der Waals surface area contributed by atoms with Crippen molar-refractivity contribution in [3.63, 3.8) is 0 Å². The molecule has 0 radical (unpaired) electrons. The van der Waals surface area contributed by atoms with E-state index in [1.165, 1.54) is 0 Å². The molecular formula is C14H22N4O3.